The van der Waals surface area contributed by atoms with Gasteiger partial charge in [-0.25, -0.2) is 0 Å². The van der Waals surface area contributed by atoms with Crippen molar-refractivity contribution >= 4 is 0 Å². The smallest absolute Gasteiger partial charge is 0.0827 e. The highest BCUT2D eigenvalue weighted by atomic mass is 15.4. The summed E-state index contributed by atoms with van der Waals surface area (Å²) in [6.07, 6.45) is 11.3. The summed E-state index contributed by atoms with van der Waals surface area (Å²) in [6, 6.07) is 0. The lowest BCUT2D eigenvalue weighted by atomic mass is 10.0. The average molecular weight is 237 g/mol. The van der Waals surface area contributed by atoms with E-state index in [4.69, 9.17) is 0 Å². The van der Waals surface area contributed by atoms with Crippen LogP contribution in [0.15, 0.2) is 6.20 Å². The van der Waals surface area contributed by atoms with Crippen molar-refractivity contribution < 1.29 is 0 Å². The zero-order valence-electron chi connectivity index (χ0n) is 11.7. The summed E-state index contributed by atoms with van der Waals surface area (Å²) in [5, 5.41) is 8.21. The summed E-state index contributed by atoms with van der Waals surface area (Å²) < 4.78 is 1.90. The molecule has 0 bridgehead atoms. The van der Waals surface area contributed by atoms with Crippen molar-refractivity contribution in [3.63, 3.8) is 0 Å². The summed E-state index contributed by atoms with van der Waals surface area (Å²) in [5.74, 6) is 0.860. The van der Waals surface area contributed by atoms with Gasteiger partial charge in [0.05, 0.1) is 5.69 Å². The molecule has 0 spiro atoms. The van der Waals surface area contributed by atoms with Crippen LogP contribution in [-0.2, 0) is 13.0 Å². The maximum atomic E-state index is 4.16. The van der Waals surface area contributed by atoms with Crippen LogP contribution in [0.2, 0.25) is 0 Å². The Bertz CT molecular complexity index is 291. The van der Waals surface area contributed by atoms with Gasteiger partial charge in [0.2, 0.25) is 0 Å². The van der Waals surface area contributed by atoms with E-state index in [2.05, 4.69) is 37.3 Å². The monoisotopic (exact) mass is 237 g/mol. The van der Waals surface area contributed by atoms with Gasteiger partial charge in [-0.05, 0) is 25.7 Å². The van der Waals surface area contributed by atoms with Crippen molar-refractivity contribution in [3.8, 4) is 0 Å². The van der Waals surface area contributed by atoms with Gasteiger partial charge in [-0.2, -0.15) is 0 Å². The van der Waals surface area contributed by atoms with E-state index in [0.29, 0.717) is 0 Å². The maximum absolute atomic E-state index is 4.16. The second-order valence-corrected chi connectivity index (χ2v) is 5.27. The highest BCUT2D eigenvalue weighted by Gasteiger charge is 1.99. The summed E-state index contributed by atoms with van der Waals surface area (Å²) in [6.45, 7) is 7.61. The molecule has 0 atom stereocenters. The van der Waals surface area contributed by atoms with Crippen LogP contribution < -0.4 is 0 Å². The molecular formula is C14H27N3. The molecule has 1 heterocycles. The Labute approximate surface area is 106 Å². The van der Waals surface area contributed by atoms with Crippen LogP contribution in [0.25, 0.3) is 0 Å². The first-order valence-corrected chi connectivity index (χ1v) is 7.11. The van der Waals surface area contributed by atoms with E-state index in [1.165, 1.54) is 38.5 Å². The Hall–Kier alpha value is -0.860. The quantitative estimate of drug-likeness (QED) is 0.611. The SMILES string of the molecule is CCn1cc(CCCCCCCC(C)C)nn1. The summed E-state index contributed by atoms with van der Waals surface area (Å²) in [7, 11) is 0. The molecule has 17 heavy (non-hydrogen) atoms. The van der Waals surface area contributed by atoms with Crippen molar-refractivity contribution in [3.05, 3.63) is 11.9 Å². The van der Waals surface area contributed by atoms with Crippen molar-refractivity contribution in [1.82, 2.24) is 15.0 Å². The normalized spacial score (nSPS) is 11.3. The van der Waals surface area contributed by atoms with Gasteiger partial charge >= 0.3 is 0 Å². The number of nitrogens with zero attached hydrogens (tertiary/aromatic N) is 3. The Morgan fingerprint density at radius 3 is 2.47 bits per heavy atom. The number of aromatic nitrogens is 3. The zero-order chi connectivity index (χ0) is 12.5. The van der Waals surface area contributed by atoms with Crippen molar-refractivity contribution in [1.29, 1.82) is 0 Å². The number of aryl methyl sites for hydroxylation is 2. The van der Waals surface area contributed by atoms with Crippen LogP contribution in [0.1, 0.15) is 65.0 Å². The van der Waals surface area contributed by atoms with Crippen LogP contribution in [-0.4, -0.2) is 15.0 Å². The molecule has 1 aromatic rings. The molecule has 0 N–H and O–H groups in total. The third-order valence-electron chi connectivity index (χ3n) is 3.12. The minimum Gasteiger partial charge on any atom is -0.253 e. The van der Waals surface area contributed by atoms with Gasteiger partial charge < -0.3 is 0 Å². The van der Waals surface area contributed by atoms with Gasteiger partial charge in [-0.15, -0.1) is 5.10 Å². The fourth-order valence-electron chi connectivity index (χ4n) is 2.00. The molecule has 0 aliphatic carbocycles. The van der Waals surface area contributed by atoms with E-state index in [9.17, 15) is 0 Å². The van der Waals surface area contributed by atoms with E-state index < -0.39 is 0 Å². The Morgan fingerprint density at radius 2 is 1.82 bits per heavy atom. The fraction of sp³-hybridized carbons (Fsp3) is 0.857. The first-order chi connectivity index (χ1) is 8.22. The van der Waals surface area contributed by atoms with Gasteiger partial charge in [-0.3, -0.25) is 4.68 Å². The second kappa shape index (κ2) is 8.26. The second-order valence-electron chi connectivity index (χ2n) is 5.27. The molecule has 3 nitrogen and oxygen atoms in total. The lowest BCUT2D eigenvalue weighted by molar-refractivity contribution is 0.514. The molecule has 0 aromatic carbocycles. The minimum absolute atomic E-state index is 0.860. The molecule has 1 aromatic heterocycles. The Balaban J connectivity index is 1.97. The van der Waals surface area contributed by atoms with Crippen molar-refractivity contribution in [2.24, 2.45) is 5.92 Å². The molecule has 98 valence electrons. The van der Waals surface area contributed by atoms with E-state index in [1.807, 2.05) is 4.68 Å². The molecule has 0 radical (unpaired) electrons. The molecule has 0 saturated carbocycles. The van der Waals surface area contributed by atoms with E-state index in [1.54, 1.807) is 0 Å². The van der Waals surface area contributed by atoms with Crippen molar-refractivity contribution in [2.45, 2.75) is 72.3 Å². The van der Waals surface area contributed by atoms with Crippen LogP contribution in [0.5, 0.6) is 0 Å². The molecule has 0 aliphatic rings. The van der Waals surface area contributed by atoms with Gasteiger partial charge in [0.15, 0.2) is 0 Å². The number of rotatable bonds is 9. The minimum atomic E-state index is 0.860. The molecular weight excluding hydrogens is 210 g/mol. The Kier molecular flexibility index (Phi) is 6.90. The number of unbranched alkanes of at least 4 members (excludes halogenated alkanes) is 4. The van der Waals surface area contributed by atoms with E-state index >= 15 is 0 Å². The highest BCUT2D eigenvalue weighted by Crippen LogP contribution is 2.11. The fourth-order valence-corrected chi connectivity index (χ4v) is 2.00. The summed E-state index contributed by atoms with van der Waals surface area (Å²) >= 11 is 0. The molecule has 0 fully saturated rings. The predicted molar refractivity (Wildman–Crippen MR) is 71.9 cm³/mol. The van der Waals surface area contributed by atoms with Gasteiger partial charge in [0.1, 0.15) is 0 Å². The summed E-state index contributed by atoms with van der Waals surface area (Å²) in [5.41, 5.74) is 1.15. The predicted octanol–water partition coefficient (Wildman–Crippen LogP) is 3.84. The largest absolute Gasteiger partial charge is 0.253 e. The number of hydrogen-bond donors (Lipinski definition) is 0. The molecule has 0 unspecified atom stereocenters. The van der Waals surface area contributed by atoms with Crippen LogP contribution in [0, 0.1) is 5.92 Å². The van der Waals surface area contributed by atoms with E-state index in [-0.39, 0.29) is 0 Å². The molecule has 0 aliphatic heterocycles. The van der Waals surface area contributed by atoms with Gasteiger partial charge in [-0.1, -0.05) is 51.2 Å². The maximum Gasteiger partial charge on any atom is 0.0827 e. The lowest BCUT2D eigenvalue weighted by Crippen LogP contribution is -1.93. The standard InChI is InChI=1S/C14H27N3/c1-4-17-12-14(15-16-17)11-9-7-5-6-8-10-13(2)3/h12-13H,4-11H2,1-3H3. The topological polar surface area (TPSA) is 30.7 Å². The lowest BCUT2D eigenvalue weighted by Gasteiger charge is -2.03. The highest BCUT2D eigenvalue weighted by molar-refractivity contribution is 4.91. The molecule has 0 amide bonds. The van der Waals surface area contributed by atoms with Gasteiger partial charge in [0.25, 0.3) is 0 Å². The van der Waals surface area contributed by atoms with Crippen molar-refractivity contribution in [2.75, 3.05) is 0 Å². The van der Waals surface area contributed by atoms with Gasteiger partial charge in [0, 0.05) is 12.7 Å². The first kappa shape index (κ1) is 14.2. The zero-order valence-corrected chi connectivity index (χ0v) is 11.7. The summed E-state index contributed by atoms with van der Waals surface area (Å²) in [4.78, 5) is 0. The molecule has 0 saturated heterocycles. The third-order valence-corrected chi connectivity index (χ3v) is 3.12. The number of hydrogen-bond acceptors (Lipinski definition) is 2. The van der Waals surface area contributed by atoms with E-state index in [0.717, 1.165) is 24.6 Å². The Morgan fingerprint density at radius 1 is 1.12 bits per heavy atom. The third kappa shape index (κ3) is 6.44. The first-order valence-electron chi connectivity index (χ1n) is 7.11. The average Bonchev–Trinajstić information content (AvgIpc) is 2.75. The molecule has 1 rings (SSSR count). The van der Waals surface area contributed by atoms with Crippen LogP contribution in [0.4, 0.5) is 0 Å². The molecule has 3 heteroatoms. The van der Waals surface area contributed by atoms with Crippen LogP contribution >= 0.6 is 0 Å². The van der Waals surface area contributed by atoms with Crippen LogP contribution in [0.3, 0.4) is 0 Å².